The largest absolute Gasteiger partial charge is 0.481 e. The molecule has 1 heterocycles. The number of ketones is 1. The minimum absolute atomic E-state index is 0.0322. The lowest BCUT2D eigenvalue weighted by atomic mass is 9.98. The van der Waals surface area contributed by atoms with Gasteiger partial charge in [0.05, 0.1) is 11.3 Å². The molecule has 96 valence electrons. The molecule has 0 bridgehead atoms. The first-order valence-electron chi connectivity index (χ1n) is 6.10. The summed E-state index contributed by atoms with van der Waals surface area (Å²) in [6.45, 7) is 0. The quantitative estimate of drug-likeness (QED) is 0.914. The van der Waals surface area contributed by atoms with Crippen molar-refractivity contribution in [3.05, 3.63) is 56.8 Å². The summed E-state index contributed by atoms with van der Waals surface area (Å²) in [5.74, 6) is -0.845. The van der Waals surface area contributed by atoms with Gasteiger partial charge in [-0.1, -0.05) is 12.1 Å². The third kappa shape index (κ3) is 2.19. The molecule has 4 heteroatoms. The molecule has 3 nitrogen and oxygen atoms in total. The zero-order chi connectivity index (χ0) is 13.4. The van der Waals surface area contributed by atoms with Crippen LogP contribution >= 0.6 is 11.3 Å². The van der Waals surface area contributed by atoms with Gasteiger partial charge in [0.25, 0.3) is 0 Å². The summed E-state index contributed by atoms with van der Waals surface area (Å²) in [5.41, 5.74) is 3.47. The van der Waals surface area contributed by atoms with Crippen LogP contribution in [0.5, 0.6) is 0 Å². The van der Waals surface area contributed by atoms with Crippen LogP contribution in [0.3, 0.4) is 0 Å². The normalized spacial score (nSPS) is 13.6. The molecule has 0 fully saturated rings. The smallest absolute Gasteiger partial charge is 0.307 e. The van der Waals surface area contributed by atoms with Crippen LogP contribution in [0.4, 0.5) is 0 Å². The lowest BCUT2D eigenvalue weighted by Gasteiger charge is -2.06. The highest BCUT2D eigenvalue weighted by molar-refractivity contribution is 7.12. The van der Waals surface area contributed by atoms with E-state index < -0.39 is 5.97 Å². The first-order valence-corrected chi connectivity index (χ1v) is 6.98. The molecule has 0 aliphatic heterocycles. The standard InChI is InChI=1S/C15H12O3S/c16-13(17)8-9-1-2-10-3-4-11-5-6-19-15(11)14(18)12(10)7-9/h1-2,5-7H,3-4,8H2,(H,16,17). The second-order valence-corrected chi connectivity index (χ2v) is 5.58. The predicted molar refractivity (Wildman–Crippen MR) is 72.9 cm³/mol. The molecular formula is C15H12O3S. The minimum Gasteiger partial charge on any atom is -0.481 e. The third-order valence-corrected chi connectivity index (χ3v) is 4.35. The molecule has 1 aromatic carbocycles. The van der Waals surface area contributed by atoms with Gasteiger partial charge in [-0.25, -0.2) is 0 Å². The van der Waals surface area contributed by atoms with E-state index in [1.54, 1.807) is 12.1 Å². The van der Waals surface area contributed by atoms with Gasteiger partial charge in [0, 0.05) is 5.56 Å². The highest BCUT2D eigenvalue weighted by Crippen LogP contribution is 2.28. The highest BCUT2D eigenvalue weighted by Gasteiger charge is 2.22. The Hall–Kier alpha value is -1.94. The third-order valence-electron chi connectivity index (χ3n) is 3.39. The molecule has 0 atom stereocenters. The maximum Gasteiger partial charge on any atom is 0.307 e. The van der Waals surface area contributed by atoms with Crippen molar-refractivity contribution in [2.45, 2.75) is 19.3 Å². The van der Waals surface area contributed by atoms with E-state index in [1.807, 2.05) is 17.5 Å². The number of fused-ring (bicyclic) bond motifs is 2. The van der Waals surface area contributed by atoms with Crippen LogP contribution in [-0.4, -0.2) is 16.9 Å². The summed E-state index contributed by atoms with van der Waals surface area (Å²) >= 11 is 1.46. The van der Waals surface area contributed by atoms with Crippen LogP contribution in [-0.2, 0) is 24.1 Å². The number of hydrogen-bond acceptors (Lipinski definition) is 3. The number of aryl methyl sites for hydroxylation is 2. The van der Waals surface area contributed by atoms with Crippen molar-refractivity contribution in [3.8, 4) is 0 Å². The van der Waals surface area contributed by atoms with Gasteiger partial charge in [-0.2, -0.15) is 0 Å². The SMILES string of the molecule is O=C(O)Cc1ccc2c(c1)C(=O)c1sccc1CC2. The molecule has 19 heavy (non-hydrogen) atoms. The summed E-state index contributed by atoms with van der Waals surface area (Å²) in [7, 11) is 0. The monoisotopic (exact) mass is 272 g/mol. The number of hydrogen-bond donors (Lipinski definition) is 1. The van der Waals surface area contributed by atoms with Crippen molar-refractivity contribution < 1.29 is 14.7 Å². The summed E-state index contributed by atoms with van der Waals surface area (Å²) in [5, 5.41) is 10.8. The molecule has 0 spiro atoms. The van der Waals surface area contributed by atoms with Gasteiger partial charge in [0.1, 0.15) is 0 Å². The first-order chi connectivity index (χ1) is 9.15. The van der Waals surface area contributed by atoms with Crippen molar-refractivity contribution in [2.24, 2.45) is 0 Å². The molecule has 3 rings (SSSR count). The van der Waals surface area contributed by atoms with Crippen molar-refractivity contribution in [3.63, 3.8) is 0 Å². The van der Waals surface area contributed by atoms with E-state index in [2.05, 4.69) is 0 Å². The second-order valence-electron chi connectivity index (χ2n) is 4.67. The Kier molecular flexibility index (Phi) is 2.95. The lowest BCUT2D eigenvalue weighted by Crippen LogP contribution is -2.06. The van der Waals surface area contributed by atoms with Crippen molar-refractivity contribution in [1.29, 1.82) is 0 Å². The van der Waals surface area contributed by atoms with Crippen LogP contribution in [0, 0.1) is 0 Å². The Morgan fingerprint density at radius 2 is 2.00 bits per heavy atom. The highest BCUT2D eigenvalue weighted by atomic mass is 32.1. The number of aliphatic carboxylic acids is 1. The summed E-state index contributed by atoms with van der Waals surface area (Å²) in [6, 6.07) is 7.43. The fraction of sp³-hybridized carbons (Fsp3) is 0.200. The van der Waals surface area contributed by atoms with E-state index in [9.17, 15) is 9.59 Å². The first kappa shape index (κ1) is 12.1. The minimum atomic E-state index is -0.877. The lowest BCUT2D eigenvalue weighted by molar-refractivity contribution is -0.136. The van der Waals surface area contributed by atoms with E-state index in [0.29, 0.717) is 11.1 Å². The second kappa shape index (κ2) is 4.63. The van der Waals surface area contributed by atoms with Gasteiger partial charge < -0.3 is 5.11 Å². The van der Waals surface area contributed by atoms with Crippen LogP contribution in [0.2, 0.25) is 0 Å². The number of thiophene rings is 1. The van der Waals surface area contributed by atoms with Gasteiger partial charge in [0.15, 0.2) is 0 Å². The fourth-order valence-corrected chi connectivity index (χ4v) is 3.37. The number of carbonyl (C=O) groups excluding carboxylic acids is 1. The summed E-state index contributed by atoms with van der Waals surface area (Å²) < 4.78 is 0. The zero-order valence-corrected chi connectivity index (χ0v) is 11.0. The Morgan fingerprint density at radius 1 is 1.21 bits per heavy atom. The Bertz CT molecular complexity index is 670. The van der Waals surface area contributed by atoms with Gasteiger partial charge >= 0.3 is 5.97 Å². The molecule has 0 amide bonds. The van der Waals surface area contributed by atoms with Crippen molar-refractivity contribution >= 4 is 23.1 Å². The summed E-state index contributed by atoms with van der Waals surface area (Å²) in [4.78, 5) is 24.0. The Balaban J connectivity index is 2.07. The Labute approximate surface area is 114 Å². The topological polar surface area (TPSA) is 54.4 Å². The predicted octanol–water partition coefficient (Wildman–Crippen LogP) is 2.70. The van der Waals surface area contributed by atoms with Crippen molar-refractivity contribution in [1.82, 2.24) is 0 Å². The van der Waals surface area contributed by atoms with Crippen LogP contribution in [0.15, 0.2) is 29.6 Å². The average Bonchev–Trinajstić information content (AvgIpc) is 2.79. The molecular weight excluding hydrogens is 260 g/mol. The number of rotatable bonds is 2. The van der Waals surface area contributed by atoms with Gasteiger partial charge in [-0.3, -0.25) is 9.59 Å². The van der Waals surface area contributed by atoms with Crippen LogP contribution in [0.25, 0.3) is 0 Å². The molecule has 2 aromatic rings. The molecule has 1 aliphatic carbocycles. The zero-order valence-electron chi connectivity index (χ0n) is 10.2. The number of benzene rings is 1. The maximum atomic E-state index is 12.5. The average molecular weight is 272 g/mol. The molecule has 1 N–H and O–H groups in total. The molecule has 0 saturated heterocycles. The van der Waals surface area contributed by atoms with Crippen molar-refractivity contribution in [2.75, 3.05) is 0 Å². The molecule has 0 saturated carbocycles. The Morgan fingerprint density at radius 3 is 2.79 bits per heavy atom. The van der Waals surface area contributed by atoms with E-state index in [-0.39, 0.29) is 12.2 Å². The maximum absolute atomic E-state index is 12.5. The van der Waals surface area contributed by atoms with Gasteiger partial charge in [-0.15, -0.1) is 11.3 Å². The van der Waals surface area contributed by atoms with Gasteiger partial charge in [0.2, 0.25) is 5.78 Å². The fourth-order valence-electron chi connectivity index (χ4n) is 2.46. The molecule has 0 radical (unpaired) electrons. The number of carbonyl (C=O) groups is 2. The van der Waals surface area contributed by atoms with E-state index >= 15 is 0 Å². The van der Waals surface area contributed by atoms with E-state index in [1.165, 1.54) is 11.3 Å². The number of carboxylic acids is 1. The number of carboxylic acid groups (broad SMARTS) is 1. The van der Waals surface area contributed by atoms with Crippen LogP contribution < -0.4 is 0 Å². The summed E-state index contributed by atoms with van der Waals surface area (Å²) in [6.07, 6.45) is 1.66. The molecule has 1 aromatic heterocycles. The van der Waals surface area contributed by atoms with E-state index in [4.69, 9.17) is 5.11 Å². The molecule has 1 aliphatic rings. The molecule has 0 unspecified atom stereocenters. The van der Waals surface area contributed by atoms with E-state index in [0.717, 1.165) is 28.8 Å². The van der Waals surface area contributed by atoms with Gasteiger partial charge in [-0.05, 0) is 47.0 Å². The van der Waals surface area contributed by atoms with Crippen LogP contribution in [0.1, 0.15) is 31.9 Å².